The second-order valence-electron chi connectivity index (χ2n) is 9.29. The molecular formula is C22H23F4N7O3. The fourth-order valence-electron chi connectivity index (χ4n) is 5.30. The second-order valence-corrected chi connectivity index (χ2v) is 9.29. The van der Waals surface area contributed by atoms with Crippen LogP contribution in [0.2, 0.25) is 0 Å². The van der Waals surface area contributed by atoms with Crippen LogP contribution in [0.15, 0.2) is 22.9 Å². The molecule has 14 heteroatoms. The highest BCUT2D eigenvalue weighted by molar-refractivity contribution is 5.92. The summed E-state index contributed by atoms with van der Waals surface area (Å²) in [5, 5.41) is 14.4. The topological polar surface area (TPSA) is 111 Å². The SMILES string of the molecule is COCc1nnc([C@]23C[C@H](C)C[C@H](C2)N3C(=O)Nc2cc(-c3ncn(C)n3)c(C(F)(F)F)cc2F)o1. The van der Waals surface area contributed by atoms with Gasteiger partial charge in [0.15, 0.2) is 5.82 Å². The number of carbonyl (C=O) groups excluding carboxylic acids is 1. The quantitative estimate of drug-likeness (QED) is 0.516. The molecule has 192 valence electrons. The summed E-state index contributed by atoms with van der Waals surface area (Å²) in [5.74, 6) is -0.717. The maximum absolute atomic E-state index is 14.9. The van der Waals surface area contributed by atoms with E-state index in [1.165, 1.54) is 30.1 Å². The third-order valence-corrected chi connectivity index (χ3v) is 6.61. The number of aryl methyl sites for hydroxylation is 1. The molecule has 1 aliphatic carbocycles. The van der Waals surface area contributed by atoms with Crippen molar-refractivity contribution in [1.29, 1.82) is 0 Å². The second kappa shape index (κ2) is 8.54. The molecule has 2 aliphatic rings. The first-order chi connectivity index (χ1) is 17.0. The molecule has 3 heterocycles. The molecule has 2 fully saturated rings. The van der Waals surface area contributed by atoms with Gasteiger partial charge in [-0.25, -0.2) is 14.2 Å². The van der Waals surface area contributed by atoms with Crippen molar-refractivity contribution >= 4 is 11.7 Å². The highest BCUT2D eigenvalue weighted by Gasteiger charge is 2.62. The Bertz CT molecular complexity index is 1310. The minimum atomic E-state index is -4.86. The average molecular weight is 509 g/mol. The lowest BCUT2D eigenvalue weighted by Crippen LogP contribution is -2.70. The van der Waals surface area contributed by atoms with Crippen molar-refractivity contribution < 1.29 is 31.5 Å². The molecule has 0 unspecified atom stereocenters. The molecule has 1 saturated carbocycles. The van der Waals surface area contributed by atoms with Gasteiger partial charge in [0.1, 0.15) is 24.3 Å². The van der Waals surface area contributed by atoms with Crippen LogP contribution in [0.5, 0.6) is 0 Å². The van der Waals surface area contributed by atoms with Crippen LogP contribution in [0.3, 0.4) is 0 Å². The summed E-state index contributed by atoms with van der Waals surface area (Å²) in [6, 6.07) is 0.397. The number of urea groups is 1. The van der Waals surface area contributed by atoms with Gasteiger partial charge in [-0.1, -0.05) is 6.92 Å². The summed E-state index contributed by atoms with van der Waals surface area (Å²) in [6.07, 6.45) is -1.79. The number of nitrogens with zero attached hydrogens (tertiary/aromatic N) is 6. The van der Waals surface area contributed by atoms with Crippen LogP contribution in [0.1, 0.15) is 43.5 Å². The van der Waals surface area contributed by atoms with E-state index in [9.17, 15) is 22.4 Å². The fraction of sp³-hybridized carbons (Fsp3) is 0.500. The average Bonchev–Trinajstić information content (AvgIpc) is 3.43. The molecule has 3 aromatic rings. The Hall–Kier alpha value is -3.55. The van der Waals surface area contributed by atoms with E-state index in [0.717, 1.165) is 6.07 Å². The van der Waals surface area contributed by atoms with Gasteiger partial charge in [-0.15, -0.1) is 10.2 Å². The predicted octanol–water partition coefficient (Wildman–Crippen LogP) is 4.10. The van der Waals surface area contributed by atoms with E-state index in [-0.39, 0.29) is 36.2 Å². The van der Waals surface area contributed by atoms with Crippen LogP contribution >= 0.6 is 0 Å². The normalized spacial score (nSPS) is 23.5. The number of rotatable bonds is 5. The highest BCUT2D eigenvalue weighted by atomic mass is 19.4. The molecule has 0 radical (unpaired) electrons. The van der Waals surface area contributed by atoms with E-state index in [1.807, 2.05) is 6.92 Å². The van der Waals surface area contributed by atoms with Crippen LogP contribution in [0, 0.1) is 11.7 Å². The van der Waals surface area contributed by atoms with E-state index in [2.05, 4.69) is 25.6 Å². The van der Waals surface area contributed by atoms with Crippen LogP contribution < -0.4 is 5.32 Å². The monoisotopic (exact) mass is 509 g/mol. The van der Waals surface area contributed by atoms with Crippen LogP contribution in [0.4, 0.5) is 28.0 Å². The molecule has 10 nitrogen and oxygen atoms in total. The lowest BCUT2D eigenvalue weighted by Gasteiger charge is -2.61. The van der Waals surface area contributed by atoms with Gasteiger partial charge in [-0.05, 0) is 30.9 Å². The van der Waals surface area contributed by atoms with Gasteiger partial charge in [-0.2, -0.15) is 18.3 Å². The first-order valence-corrected chi connectivity index (χ1v) is 11.2. The third kappa shape index (κ3) is 3.98. The molecule has 5 rings (SSSR count). The van der Waals surface area contributed by atoms with Crippen molar-refractivity contribution in [2.24, 2.45) is 13.0 Å². The summed E-state index contributed by atoms with van der Waals surface area (Å²) < 4.78 is 67.8. The van der Waals surface area contributed by atoms with Gasteiger partial charge in [0, 0.05) is 32.2 Å². The molecule has 36 heavy (non-hydrogen) atoms. The van der Waals surface area contributed by atoms with Crippen molar-refractivity contribution in [2.45, 2.75) is 50.6 Å². The number of hydrogen-bond acceptors (Lipinski definition) is 7. The number of piperidine rings is 1. The molecule has 1 aromatic carbocycles. The zero-order valence-electron chi connectivity index (χ0n) is 19.6. The number of nitrogens with one attached hydrogen (secondary N) is 1. The summed E-state index contributed by atoms with van der Waals surface area (Å²) in [4.78, 5) is 18.8. The van der Waals surface area contributed by atoms with Crippen molar-refractivity contribution in [3.05, 3.63) is 41.6 Å². The Balaban J connectivity index is 1.48. The molecule has 0 spiro atoms. The number of methoxy groups -OCH3 is 1. The molecule has 3 atom stereocenters. The van der Waals surface area contributed by atoms with E-state index in [4.69, 9.17) is 9.15 Å². The Morgan fingerprint density at radius 2 is 2.08 bits per heavy atom. The number of alkyl halides is 3. The van der Waals surface area contributed by atoms with E-state index in [1.54, 1.807) is 0 Å². The highest BCUT2D eigenvalue weighted by Crippen LogP contribution is 2.55. The van der Waals surface area contributed by atoms with Gasteiger partial charge >= 0.3 is 12.2 Å². The van der Waals surface area contributed by atoms with E-state index >= 15 is 0 Å². The molecular weight excluding hydrogens is 486 g/mol. The first kappa shape index (κ1) is 24.2. The minimum absolute atomic E-state index is 0.107. The summed E-state index contributed by atoms with van der Waals surface area (Å²) >= 11 is 0. The van der Waals surface area contributed by atoms with Crippen LogP contribution in [-0.4, -0.2) is 49.0 Å². The number of hydrogen-bond donors (Lipinski definition) is 1. The lowest BCUT2D eigenvalue weighted by molar-refractivity contribution is -0.137. The maximum atomic E-state index is 14.9. The first-order valence-electron chi connectivity index (χ1n) is 11.2. The van der Waals surface area contributed by atoms with Gasteiger partial charge in [0.25, 0.3) is 0 Å². The Labute approximate surface area is 202 Å². The standard InChI is InChI=1S/C22H23F4N7O3/c1-11-4-12-8-21(7-11,19-30-29-17(36-19)9-35-3)33(12)20(34)28-16-5-13(18-27-10-32(2)31-18)14(6-15(16)23)22(24,25)26/h5-6,10-12H,4,7-9H2,1-3H3,(H,28,34)/t11-,12-,21+/m1/s1. The van der Waals surface area contributed by atoms with Gasteiger partial charge in [0.2, 0.25) is 11.8 Å². The number of halogens is 4. The van der Waals surface area contributed by atoms with Gasteiger partial charge < -0.3 is 19.4 Å². The Kier molecular flexibility index (Phi) is 5.73. The smallest absolute Gasteiger partial charge is 0.417 e. The number of likely N-dealkylation sites (tertiary alicyclic amines) is 1. The largest absolute Gasteiger partial charge is 0.420 e. The summed E-state index contributed by atoms with van der Waals surface area (Å²) in [6.45, 7) is 2.15. The molecule has 2 amide bonds. The zero-order chi connectivity index (χ0) is 25.8. The van der Waals surface area contributed by atoms with Crippen LogP contribution in [-0.2, 0) is 30.1 Å². The van der Waals surface area contributed by atoms with Gasteiger partial charge in [-0.3, -0.25) is 4.68 Å². The molecule has 2 bridgehead atoms. The number of fused-ring (bicyclic) bond motifs is 2. The van der Waals surface area contributed by atoms with E-state index in [0.29, 0.717) is 25.3 Å². The fourth-order valence-corrected chi connectivity index (χ4v) is 5.30. The molecule has 1 saturated heterocycles. The van der Waals surface area contributed by atoms with Crippen molar-refractivity contribution in [3.8, 4) is 11.4 Å². The number of carbonyl (C=O) groups is 1. The number of benzene rings is 1. The Morgan fingerprint density at radius 1 is 1.31 bits per heavy atom. The number of anilines is 1. The number of aromatic nitrogens is 5. The molecule has 1 N–H and O–H groups in total. The summed E-state index contributed by atoms with van der Waals surface area (Å²) in [7, 11) is 2.98. The lowest BCUT2D eigenvalue weighted by atomic mass is 9.64. The summed E-state index contributed by atoms with van der Waals surface area (Å²) in [5.41, 5.74) is -3.01. The van der Waals surface area contributed by atoms with Crippen LogP contribution in [0.25, 0.3) is 11.4 Å². The third-order valence-electron chi connectivity index (χ3n) is 6.61. The van der Waals surface area contributed by atoms with Crippen molar-refractivity contribution in [2.75, 3.05) is 12.4 Å². The van der Waals surface area contributed by atoms with Crippen molar-refractivity contribution in [3.63, 3.8) is 0 Å². The predicted molar refractivity (Wildman–Crippen MR) is 116 cm³/mol. The minimum Gasteiger partial charge on any atom is -0.420 e. The number of amides is 2. The van der Waals surface area contributed by atoms with Crippen molar-refractivity contribution in [1.82, 2.24) is 29.9 Å². The molecule has 2 aromatic heterocycles. The zero-order valence-corrected chi connectivity index (χ0v) is 19.6. The van der Waals surface area contributed by atoms with E-state index < -0.39 is 40.4 Å². The number of ether oxygens (including phenoxy) is 1. The Morgan fingerprint density at radius 3 is 2.75 bits per heavy atom. The van der Waals surface area contributed by atoms with Gasteiger partial charge in [0.05, 0.1) is 11.3 Å². The molecule has 1 aliphatic heterocycles. The maximum Gasteiger partial charge on any atom is 0.417 e.